The lowest BCUT2D eigenvalue weighted by molar-refractivity contribution is -0.145. The van der Waals surface area contributed by atoms with Crippen LogP contribution in [0.5, 0.6) is 0 Å². The van der Waals surface area contributed by atoms with Crippen LogP contribution in [0.4, 0.5) is 0 Å². The van der Waals surface area contributed by atoms with Crippen LogP contribution in [0.25, 0.3) is 10.7 Å². The van der Waals surface area contributed by atoms with Crippen LogP contribution >= 0.6 is 11.3 Å². The van der Waals surface area contributed by atoms with Crippen LogP contribution in [0.3, 0.4) is 0 Å². The second kappa shape index (κ2) is 4.40. The zero-order valence-corrected chi connectivity index (χ0v) is 9.69. The largest absolute Gasteiger partial charge is 0.334 e. The molecular formula is C9H10N4O2S. The summed E-state index contributed by atoms with van der Waals surface area (Å²) in [6.07, 6.45) is 0.281. The van der Waals surface area contributed by atoms with E-state index in [1.807, 2.05) is 18.4 Å². The van der Waals surface area contributed by atoms with Crippen LogP contribution in [0, 0.1) is 6.92 Å². The molecule has 2 aromatic heterocycles. The second-order valence-electron chi connectivity index (χ2n) is 3.18. The van der Waals surface area contributed by atoms with Crippen molar-refractivity contribution in [3.63, 3.8) is 0 Å². The Hall–Kier alpha value is -1.76. The van der Waals surface area contributed by atoms with Gasteiger partial charge in [0.15, 0.2) is 0 Å². The third-order valence-corrected chi connectivity index (χ3v) is 2.91. The molecule has 16 heavy (non-hydrogen) atoms. The molecule has 0 saturated heterocycles. The molecule has 0 N–H and O–H groups in total. The maximum Gasteiger partial charge on any atom is 0.334 e. The SMILES string of the molecule is CCC(=O)On1nnnc1-c1cc(C)cs1. The number of thiophene rings is 1. The number of hydrogen-bond donors (Lipinski definition) is 0. The molecule has 0 atom stereocenters. The minimum atomic E-state index is -0.373. The second-order valence-corrected chi connectivity index (χ2v) is 4.09. The number of hydrogen-bond acceptors (Lipinski definition) is 6. The molecule has 0 saturated carbocycles. The first-order valence-electron chi connectivity index (χ1n) is 4.75. The molecule has 2 heterocycles. The fourth-order valence-corrected chi connectivity index (χ4v) is 1.95. The molecule has 7 heteroatoms. The van der Waals surface area contributed by atoms with E-state index in [0.717, 1.165) is 15.3 Å². The number of aryl methyl sites for hydroxylation is 1. The minimum absolute atomic E-state index is 0.281. The highest BCUT2D eigenvalue weighted by molar-refractivity contribution is 7.13. The Balaban J connectivity index is 2.29. The van der Waals surface area contributed by atoms with Gasteiger partial charge in [-0.25, -0.2) is 4.79 Å². The summed E-state index contributed by atoms with van der Waals surface area (Å²) in [4.78, 5) is 18.0. The fraction of sp³-hybridized carbons (Fsp3) is 0.333. The Kier molecular flexibility index (Phi) is 2.95. The zero-order chi connectivity index (χ0) is 11.5. The first kappa shape index (κ1) is 10.7. The molecule has 2 rings (SSSR count). The maximum absolute atomic E-state index is 11.1. The summed E-state index contributed by atoms with van der Waals surface area (Å²) in [6, 6.07) is 1.94. The van der Waals surface area contributed by atoms with Crippen LogP contribution in [-0.2, 0) is 4.79 Å². The van der Waals surface area contributed by atoms with Crippen molar-refractivity contribution < 1.29 is 9.63 Å². The molecule has 6 nitrogen and oxygen atoms in total. The van der Waals surface area contributed by atoms with Crippen molar-refractivity contribution in [3.8, 4) is 10.7 Å². The van der Waals surface area contributed by atoms with Gasteiger partial charge in [-0.15, -0.1) is 16.4 Å². The molecule has 0 aliphatic heterocycles. The van der Waals surface area contributed by atoms with Crippen molar-refractivity contribution in [1.29, 1.82) is 0 Å². The molecule has 0 aromatic carbocycles. The molecule has 2 aromatic rings. The van der Waals surface area contributed by atoms with E-state index in [1.54, 1.807) is 6.92 Å². The maximum atomic E-state index is 11.1. The average molecular weight is 238 g/mol. The third kappa shape index (κ3) is 2.08. The summed E-state index contributed by atoms with van der Waals surface area (Å²) < 4.78 is 0. The zero-order valence-electron chi connectivity index (χ0n) is 8.88. The van der Waals surface area contributed by atoms with Crippen molar-refractivity contribution in [3.05, 3.63) is 17.0 Å². The Morgan fingerprint density at radius 3 is 3.06 bits per heavy atom. The molecule has 0 radical (unpaired) electrons. The Morgan fingerprint density at radius 1 is 1.62 bits per heavy atom. The van der Waals surface area contributed by atoms with E-state index < -0.39 is 0 Å². The molecule has 0 unspecified atom stereocenters. The smallest absolute Gasteiger partial charge is 0.316 e. The standard InChI is InChI=1S/C9H10N4O2S/c1-3-8(14)15-13-9(10-11-12-13)7-4-6(2)5-16-7/h4-5H,3H2,1-2H3. The Bertz CT molecular complexity index is 505. The van der Waals surface area contributed by atoms with Gasteiger partial charge in [0.1, 0.15) is 0 Å². The van der Waals surface area contributed by atoms with Crippen molar-refractivity contribution >= 4 is 17.3 Å². The molecule has 0 aliphatic rings. The molecule has 84 valence electrons. The quantitative estimate of drug-likeness (QED) is 0.748. The summed E-state index contributed by atoms with van der Waals surface area (Å²) >= 11 is 1.50. The van der Waals surface area contributed by atoms with E-state index in [1.165, 1.54) is 11.3 Å². The minimum Gasteiger partial charge on any atom is -0.316 e. The Labute approximate surface area is 95.8 Å². The van der Waals surface area contributed by atoms with Gasteiger partial charge in [0.25, 0.3) is 0 Å². The number of rotatable bonds is 3. The van der Waals surface area contributed by atoms with Gasteiger partial charge in [0, 0.05) is 6.42 Å². The van der Waals surface area contributed by atoms with Gasteiger partial charge in [0.2, 0.25) is 5.82 Å². The van der Waals surface area contributed by atoms with Crippen LogP contribution in [0.1, 0.15) is 18.9 Å². The van der Waals surface area contributed by atoms with E-state index in [4.69, 9.17) is 4.84 Å². The first-order valence-corrected chi connectivity index (χ1v) is 5.63. The monoisotopic (exact) mass is 238 g/mol. The van der Waals surface area contributed by atoms with Crippen molar-refractivity contribution in [2.75, 3.05) is 0 Å². The molecule has 0 spiro atoms. The summed E-state index contributed by atoms with van der Waals surface area (Å²) in [6.45, 7) is 3.69. The van der Waals surface area contributed by atoms with Crippen molar-refractivity contribution in [2.24, 2.45) is 0 Å². The predicted octanol–water partition coefficient (Wildman–Crippen LogP) is 1.08. The molecule has 0 aliphatic carbocycles. The molecule has 0 fully saturated rings. The lowest BCUT2D eigenvalue weighted by Gasteiger charge is -2.01. The average Bonchev–Trinajstić information content (AvgIpc) is 2.86. The number of tetrazole rings is 1. The normalized spacial score (nSPS) is 10.4. The number of carbonyl (C=O) groups excluding carboxylic acids is 1. The van der Waals surface area contributed by atoms with Crippen LogP contribution in [-0.4, -0.2) is 26.3 Å². The number of carbonyl (C=O) groups is 1. The predicted molar refractivity (Wildman–Crippen MR) is 57.7 cm³/mol. The van der Waals surface area contributed by atoms with E-state index in [2.05, 4.69) is 15.5 Å². The third-order valence-electron chi connectivity index (χ3n) is 1.87. The number of aromatic nitrogens is 4. The van der Waals surface area contributed by atoms with E-state index in [0.29, 0.717) is 5.82 Å². The Morgan fingerprint density at radius 2 is 2.44 bits per heavy atom. The summed E-state index contributed by atoms with van der Waals surface area (Å²) in [5, 5.41) is 12.9. The van der Waals surface area contributed by atoms with Crippen LogP contribution < -0.4 is 4.84 Å². The van der Waals surface area contributed by atoms with Gasteiger partial charge >= 0.3 is 5.97 Å². The lowest BCUT2D eigenvalue weighted by Crippen LogP contribution is -2.20. The van der Waals surface area contributed by atoms with Gasteiger partial charge in [-0.05, 0) is 39.2 Å². The van der Waals surface area contributed by atoms with Gasteiger partial charge in [-0.1, -0.05) is 6.92 Å². The highest BCUT2D eigenvalue weighted by atomic mass is 32.1. The molecule has 0 amide bonds. The topological polar surface area (TPSA) is 69.9 Å². The molecular weight excluding hydrogens is 228 g/mol. The highest BCUT2D eigenvalue weighted by Crippen LogP contribution is 2.23. The van der Waals surface area contributed by atoms with E-state index in [9.17, 15) is 4.79 Å². The van der Waals surface area contributed by atoms with Gasteiger partial charge in [0.05, 0.1) is 4.88 Å². The summed E-state index contributed by atoms with van der Waals surface area (Å²) in [5.41, 5.74) is 1.12. The van der Waals surface area contributed by atoms with Gasteiger partial charge in [-0.3, -0.25) is 0 Å². The van der Waals surface area contributed by atoms with E-state index in [-0.39, 0.29) is 12.4 Å². The van der Waals surface area contributed by atoms with Gasteiger partial charge < -0.3 is 4.84 Å². The van der Waals surface area contributed by atoms with Crippen LogP contribution in [0.15, 0.2) is 11.4 Å². The van der Waals surface area contributed by atoms with Crippen LogP contribution in [0.2, 0.25) is 0 Å². The first-order chi connectivity index (χ1) is 7.70. The summed E-state index contributed by atoms with van der Waals surface area (Å²) in [5.74, 6) is 0.0710. The van der Waals surface area contributed by atoms with Gasteiger partial charge in [-0.2, -0.15) is 0 Å². The highest BCUT2D eigenvalue weighted by Gasteiger charge is 2.13. The molecule has 0 bridgehead atoms. The fourth-order valence-electron chi connectivity index (χ4n) is 1.09. The van der Waals surface area contributed by atoms with Crippen molar-refractivity contribution in [1.82, 2.24) is 20.4 Å². The van der Waals surface area contributed by atoms with Crippen molar-refractivity contribution in [2.45, 2.75) is 20.3 Å². The summed E-state index contributed by atoms with van der Waals surface area (Å²) in [7, 11) is 0. The number of nitrogens with zero attached hydrogens (tertiary/aromatic N) is 4. The lowest BCUT2D eigenvalue weighted by atomic mass is 10.3. The van der Waals surface area contributed by atoms with E-state index >= 15 is 0 Å².